The normalized spacial score (nSPS) is 11.4. The van der Waals surface area contributed by atoms with Crippen LogP contribution in [0.1, 0.15) is 18.9 Å². The van der Waals surface area contributed by atoms with Gasteiger partial charge < -0.3 is 0 Å². The molecule has 20 heavy (non-hydrogen) atoms. The molecule has 4 heteroatoms. The molecule has 1 N–H and O–H groups in total. The summed E-state index contributed by atoms with van der Waals surface area (Å²) in [5.74, 6) is 0.176. The van der Waals surface area contributed by atoms with Crippen LogP contribution in [-0.4, -0.2) is 14.2 Å². The summed E-state index contributed by atoms with van der Waals surface area (Å²) in [6.07, 6.45) is 0.627. The molecule has 0 spiro atoms. The number of benzene rings is 2. The highest BCUT2D eigenvalue weighted by atomic mass is 32.2. The predicted octanol–water partition coefficient (Wildman–Crippen LogP) is 3.18. The van der Waals surface area contributed by atoms with Crippen LogP contribution in [0.5, 0.6) is 0 Å². The number of hydrogen-bond acceptors (Lipinski definition) is 2. The van der Waals surface area contributed by atoms with Crippen molar-refractivity contribution < 1.29 is 8.42 Å². The molecule has 2 rings (SSSR count). The smallest absolute Gasteiger partial charge is 0.211 e. The molecule has 0 aliphatic heterocycles. The molecular formula is C16H19NO2S. The van der Waals surface area contributed by atoms with Gasteiger partial charge in [-0.1, -0.05) is 61.5 Å². The van der Waals surface area contributed by atoms with Crippen LogP contribution in [0.3, 0.4) is 0 Å². The summed E-state index contributed by atoms with van der Waals surface area (Å²) < 4.78 is 25.8. The third-order valence-electron chi connectivity index (χ3n) is 3.03. The molecule has 0 saturated carbocycles. The molecule has 3 nitrogen and oxygen atoms in total. The SMILES string of the molecule is CCCS(=O)(=O)NCc1ccc(-c2ccccc2)cc1. The summed E-state index contributed by atoms with van der Waals surface area (Å²) in [5, 5.41) is 0. The fourth-order valence-corrected chi connectivity index (χ4v) is 3.05. The highest BCUT2D eigenvalue weighted by Gasteiger charge is 2.07. The van der Waals surface area contributed by atoms with Crippen molar-refractivity contribution in [3.8, 4) is 11.1 Å². The summed E-state index contributed by atoms with van der Waals surface area (Å²) in [6, 6.07) is 18.0. The van der Waals surface area contributed by atoms with Crippen LogP contribution in [-0.2, 0) is 16.6 Å². The van der Waals surface area contributed by atoms with Crippen LogP contribution >= 0.6 is 0 Å². The van der Waals surface area contributed by atoms with Crippen molar-refractivity contribution >= 4 is 10.0 Å². The van der Waals surface area contributed by atoms with Crippen LogP contribution in [0.4, 0.5) is 0 Å². The maximum absolute atomic E-state index is 11.6. The van der Waals surface area contributed by atoms with E-state index in [1.807, 2.05) is 49.4 Å². The van der Waals surface area contributed by atoms with Gasteiger partial charge in [0.2, 0.25) is 10.0 Å². The Labute approximate surface area is 120 Å². The Bertz CT molecular complexity index is 634. The molecule has 0 saturated heterocycles. The van der Waals surface area contributed by atoms with E-state index in [0.29, 0.717) is 13.0 Å². The Morgan fingerprint density at radius 1 is 0.900 bits per heavy atom. The van der Waals surface area contributed by atoms with Gasteiger partial charge in [-0.15, -0.1) is 0 Å². The topological polar surface area (TPSA) is 46.2 Å². The average Bonchev–Trinajstić information content (AvgIpc) is 2.47. The first-order chi connectivity index (χ1) is 9.61. The Balaban J connectivity index is 2.02. The molecule has 0 amide bonds. The summed E-state index contributed by atoms with van der Waals surface area (Å²) in [7, 11) is -3.14. The van der Waals surface area contributed by atoms with Crippen molar-refractivity contribution in [3.63, 3.8) is 0 Å². The molecule has 0 atom stereocenters. The zero-order valence-corrected chi connectivity index (χ0v) is 12.4. The van der Waals surface area contributed by atoms with Gasteiger partial charge in [-0.2, -0.15) is 0 Å². The average molecular weight is 289 g/mol. The Morgan fingerprint density at radius 2 is 1.50 bits per heavy atom. The van der Waals surface area contributed by atoms with Crippen LogP contribution in [0.15, 0.2) is 54.6 Å². The van der Waals surface area contributed by atoms with Crippen molar-refractivity contribution in [2.75, 3.05) is 5.75 Å². The zero-order chi connectivity index (χ0) is 14.4. The molecule has 2 aromatic rings. The first-order valence-electron chi connectivity index (χ1n) is 6.72. The molecule has 106 valence electrons. The lowest BCUT2D eigenvalue weighted by atomic mass is 10.0. The molecular weight excluding hydrogens is 270 g/mol. The fraction of sp³-hybridized carbons (Fsp3) is 0.250. The largest absolute Gasteiger partial charge is 0.212 e. The second kappa shape index (κ2) is 6.68. The van der Waals surface area contributed by atoms with Gasteiger partial charge in [0.15, 0.2) is 0 Å². The minimum atomic E-state index is -3.14. The van der Waals surface area contributed by atoms with E-state index in [0.717, 1.165) is 16.7 Å². The highest BCUT2D eigenvalue weighted by molar-refractivity contribution is 7.89. The molecule has 0 unspecified atom stereocenters. The van der Waals surface area contributed by atoms with Crippen molar-refractivity contribution in [1.29, 1.82) is 0 Å². The molecule has 0 bridgehead atoms. The van der Waals surface area contributed by atoms with E-state index in [2.05, 4.69) is 16.9 Å². The lowest BCUT2D eigenvalue weighted by Crippen LogP contribution is -2.25. The highest BCUT2D eigenvalue weighted by Crippen LogP contribution is 2.19. The van der Waals surface area contributed by atoms with E-state index in [4.69, 9.17) is 0 Å². The van der Waals surface area contributed by atoms with Gasteiger partial charge in [0.1, 0.15) is 0 Å². The monoisotopic (exact) mass is 289 g/mol. The van der Waals surface area contributed by atoms with Gasteiger partial charge >= 0.3 is 0 Å². The number of sulfonamides is 1. The van der Waals surface area contributed by atoms with Gasteiger partial charge in [0.25, 0.3) is 0 Å². The van der Waals surface area contributed by atoms with E-state index in [1.165, 1.54) is 0 Å². The third-order valence-corrected chi connectivity index (χ3v) is 4.56. The minimum absolute atomic E-state index is 0.176. The first kappa shape index (κ1) is 14.8. The maximum Gasteiger partial charge on any atom is 0.211 e. The van der Waals surface area contributed by atoms with Gasteiger partial charge in [0.05, 0.1) is 5.75 Å². The predicted molar refractivity (Wildman–Crippen MR) is 82.8 cm³/mol. The standard InChI is InChI=1S/C16H19NO2S/c1-2-12-20(18,19)17-13-14-8-10-16(11-9-14)15-6-4-3-5-7-15/h3-11,17H,2,12-13H2,1H3. The summed E-state index contributed by atoms with van der Waals surface area (Å²) in [6.45, 7) is 2.20. The van der Waals surface area contributed by atoms with Crippen molar-refractivity contribution in [1.82, 2.24) is 4.72 Å². The van der Waals surface area contributed by atoms with E-state index in [9.17, 15) is 8.42 Å². The second-order valence-corrected chi connectivity index (χ2v) is 6.63. The first-order valence-corrected chi connectivity index (χ1v) is 8.37. The number of rotatable bonds is 6. The molecule has 0 aliphatic carbocycles. The Hall–Kier alpha value is -1.65. The second-order valence-electron chi connectivity index (χ2n) is 4.70. The summed E-state index contributed by atoms with van der Waals surface area (Å²) in [4.78, 5) is 0. The van der Waals surface area contributed by atoms with Crippen LogP contribution < -0.4 is 4.72 Å². The van der Waals surface area contributed by atoms with Gasteiger partial charge in [0, 0.05) is 6.54 Å². The van der Waals surface area contributed by atoms with Crippen LogP contribution in [0.25, 0.3) is 11.1 Å². The number of nitrogens with one attached hydrogen (secondary N) is 1. The van der Waals surface area contributed by atoms with Crippen LogP contribution in [0, 0.1) is 0 Å². The minimum Gasteiger partial charge on any atom is -0.212 e. The summed E-state index contributed by atoms with van der Waals surface area (Å²) >= 11 is 0. The van der Waals surface area contributed by atoms with E-state index < -0.39 is 10.0 Å². The van der Waals surface area contributed by atoms with E-state index in [-0.39, 0.29) is 5.75 Å². The Morgan fingerprint density at radius 3 is 2.10 bits per heavy atom. The Kier molecular flexibility index (Phi) is 4.93. The molecule has 0 aliphatic rings. The van der Waals surface area contributed by atoms with Crippen molar-refractivity contribution in [2.24, 2.45) is 0 Å². The number of hydrogen-bond donors (Lipinski definition) is 1. The van der Waals surface area contributed by atoms with Crippen molar-refractivity contribution in [2.45, 2.75) is 19.9 Å². The van der Waals surface area contributed by atoms with Crippen molar-refractivity contribution in [3.05, 3.63) is 60.2 Å². The van der Waals surface area contributed by atoms with Gasteiger partial charge in [-0.05, 0) is 23.1 Å². The quantitative estimate of drug-likeness (QED) is 0.887. The van der Waals surface area contributed by atoms with Crippen LogP contribution in [0.2, 0.25) is 0 Å². The lowest BCUT2D eigenvalue weighted by molar-refractivity contribution is 0.580. The van der Waals surface area contributed by atoms with Gasteiger partial charge in [-0.3, -0.25) is 0 Å². The molecule has 0 aromatic heterocycles. The third kappa shape index (κ3) is 4.18. The summed E-state index contributed by atoms with van der Waals surface area (Å²) in [5.41, 5.74) is 3.25. The molecule has 2 aromatic carbocycles. The molecule has 0 heterocycles. The van der Waals surface area contributed by atoms with Gasteiger partial charge in [-0.25, -0.2) is 13.1 Å². The zero-order valence-electron chi connectivity index (χ0n) is 11.5. The molecule has 0 fully saturated rings. The molecule has 0 radical (unpaired) electrons. The lowest BCUT2D eigenvalue weighted by Gasteiger charge is -2.07. The maximum atomic E-state index is 11.6. The fourth-order valence-electron chi connectivity index (χ4n) is 1.98. The van der Waals surface area contributed by atoms with E-state index in [1.54, 1.807) is 0 Å². The van der Waals surface area contributed by atoms with E-state index >= 15 is 0 Å².